The molecule has 1 rings (SSSR count). The number of hydrogen-bond donors (Lipinski definition) is 1. The Labute approximate surface area is 52.2 Å². The first-order chi connectivity index (χ1) is 3.72. The molecular weight excluding hydrogens is 122 g/mol. The number of rotatable bonds is 0. The van der Waals surface area contributed by atoms with Gasteiger partial charge in [-0.3, -0.25) is 4.79 Å². The fraction of sp³-hybridized carbons (Fsp3) is 0.600. The molecule has 44 valence electrons. The SMILES string of the molecule is CC1C(=N)CSC1=O. The summed E-state index contributed by atoms with van der Waals surface area (Å²) in [7, 11) is 0. The molecule has 0 spiro atoms. The maximum absolute atomic E-state index is 10.6. The summed E-state index contributed by atoms with van der Waals surface area (Å²) in [5, 5.41) is 7.29. The fourth-order valence-corrected chi connectivity index (χ4v) is 1.48. The van der Waals surface area contributed by atoms with Crippen molar-refractivity contribution in [1.82, 2.24) is 0 Å². The van der Waals surface area contributed by atoms with Crippen LogP contribution in [0.4, 0.5) is 0 Å². The lowest BCUT2D eigenvalue weighted by Crippen LogP contribution is -2.08. The second-order valence-corrected chi connectivity index (χ2v) is 2.83. The van der Waals surface area contributed by atoms with Crippen molar-refractivity contribution >= 4 is 22.6 Å². The molecular formula is C5H7NOS. The van der Waals surface area contributed by atoms with Crippen molar-refractivity contribution in [2.24, 2.45) is 5.92 Å². The molecule has 1 N–H and O–H groups in total. The summed E-state index contributed by atoms with van der Waals surface area (Å²) in [6.45, 7) is 1.78. The Balaban J connectivity index is 2.70. The zero-order chi connectivity index (χ0) is 6.15. The predicted octanol–water partition coefficient (Wildman–Crippen LogP) is 0.916. The van der Waals surface area contributed by atoms with Gasteiger partial charge in [0.05, 0.1) is 5.92 Å². The van der Waals surface area contributed by atoms with E-state index in [1.165, 1.54) is 11.8 Å². The summed E-state index contributed by atoms with van der Waals surface area (Å²) < 4.78 is 0. The monoisotopic (exact) mass is 129 g/mol. The Hall–Kier alpha value is -0.310. The lowest BCUT2D eigenvalue weighted by atomic mass is 10.1. The van der Waals surface area contributed by atoms with Crippen LogP contribution in [0.25, 0.3) is 0 Å². The third kappa shape index (κ3) is 0.777. The molecule has 0 aromatic rings. The van der Waals surface area contributed by atoms with E-state index in [0.29, 0.717) is 11.5 Å². The van der Waals surface area contributed by atoms with E-state index in [9.17, 15) is 4.79 Å². The number of hydrogen-bond acceptors (Lipinski definition) is 3. The normalized spacial score (nSPS) is 29.4. The summed E-state index contributed by atoms with van der Waals surface area (Å²) in [6.07, 6.45) is 0. The summed E-state index contributed by atoms with van der Waals surface area (Å²) in [4.78, 5) is 10.6. The minimum absolute atomic E-state index is 0.111. The average molecular weight is 129 g/mol. The third-order valence-corrected chi connectivity index (χ3v) is 2.34. The van der Waals surface area contributed by atoms with Crippen molar-refractivity contribution in [3.8, 4) is 0 Å². The topological polar surface area (TPSA) is 40.9 Å². The molecule has 2 nitrogen and oxygen atoms in total. The lowest BCUT2D eigenvalue weighted by molar-refractivity contribution is -0.112. The van der Waals surface area contributed by atoms with Gasteiger partial charge in [-0.2, -0.15) is 0 Å². The van der Waals surface area contributed by atoms with Crippen molar-refractivity contribution < 1.29 is 4.79 Å². The first-order valence-electron chi connectivity index (χ1n) is 2.46. The molecule has 0 bridgehead atoms. The van der Waals surface area contributed by atoms with Crippen LogP contribution in [0, 0.1) is 11.3 Å². The van der Waals surface area contributed by atoms with Crippen LogP contribution in [-0.4, -0.2) is 16.6 Å². The van der Waals surface area contributed by atoms with Gasteiger partial charge in [-0.25, -0.2) is 0 Å². The van der Waals surface area contributed by atoms with E-state index in [1.807, 2.05) is 0 Å². The lowest BCUT2D eigenvalue weighted by Gasteiger charge is -1.92. The Morgan fingerprint density at radius 3 is 2.62 bits per heavy atom. The highest BCUT2D eigenvalue weighted by Crippen LogP contribution is 2.21. The van der Waals surface area contributed by atoms with Crippen LogP contribution in [0.3, 0.4) is 0 Å². The second kappa shape index (κ2) is 1.90. The van der Waals surface area contributed by atoms with E-state index in [4.69, 9.17) is 5.41 Å². The van der Waals surface area contributed by atoms with Gasteiger partial charge in [0.2, 0.25) is 0 Å². The van der Waals surface area contributed by atoms with Crippen LogP contribution in [-0.2, 0) is 4.79 Å². The molecule has 1 atom stereocenters. The Morgan fingerprint density at radius 1 is 1.88 bits per heavy atom. The number of thioether (sulfide) groups is 1. The predicted molar refractivity (Wildman–Crippen MR) is 34.4 cm³/mol. The minimum atomic E-state index is -0.111. The standard InChI is InChI=1S/C5H7NOS/c1-3-4(6)2-8-5(3)7/h3,6H,2H2,1H3. The molecule has 0 amide bonds. The first kappa shape index (κ1) is 5.82. The van der Waals surface area contributed by atoms with Crippen LogP contribution in [0.2, 0.25) is 0 Å². The molecule has 1 aliphatic rings. The Bertz CT molecular complexity index is 127. The Morgan fingerprint density at radius 2 is 2.50 bits per heavy atom. The third-order valence-electron chi connectivity index (χ3n) is 1.25. The number of carbonyl (C=O) groups excluding carboxylic acids is 1. The number of carbonyl (C=O) groups is 1. The summed E-state index contributed by atoms with van der Waals surface area (Å²) >= 11 is 1.25. The summed E-state index contributed by atoms with van der Waals surface area (Å²) in [5.41, 5.74) is 0.569. The maximum Gasteiger partial charge on any atom is 0.197 e. The van der Waals surface area contributed by atoms with E-state index < -0.39 is 0 Å². The minimum Gasteiger partial charge on any atom is -0.308 e. The van der Waals surface area contributed by atoms with Crippen LogP contribution in [0.1, 0.15) is 6.92 Å². The van der Waals surface area contributed by atoms with Gasteiger partial charge in [0.15, 0.2) is 5.12 Å². The molecule has 1 fully saturated rings. The molecule has 0 radical (unpaired) electrons. The van der Waals surface area contributed by atoms with Gasteiger partial charge >= 0.3 is 0 Å². The molecule has 1 heterocycles. The molecule has 1 saturated heterocycles. The molecule has 8 heavy (non-hydrogen) atoms. The van der Waals surface area contributed by atoms with Crippen molar-refractivity contribution in [2.75, 3.05) is 5.75 Å². The first-order valence-corrected chi connectivity index (χ1v) is 3.44. The molecule has 3 heteroatoms. The van der Waals surface area contributed by atoms with Gasteiger partial charge in [-0.15, -0.1) is 0 Å². The zero-order valence-corrected chi connectivity index (χ0v) is 5.42. The van der Waals surface area contributed by atoms with E-state index in [1.54, 1.807) is 6.92 Å². The molecule has 0 aromatic carbocycles. The van der Waals surface area contributed by atoms with Gasteiger partial charge in [0.1, 0.15) is 0 Å². The van der Waals surface area contributed by atoms with Gasteiger partial charge < -0.3 is 5.41 Å². The maximum atomic E-state index is 10.6. The van der Waals surface area contributed by atoms with Crippen LogP contribution >= 0.6 is 11.8 Å². The van der Waals surface area contributed by atoms with Crippen LogP contribution in [0.15, 0.2) is 0 Å². The van der Waals surface area contributed by atoms with Gasteiger partial charge in [-0.1, -0.05) is 11.8 Å². The summed E-state index contributed by atoms with van der Waals surface area (Å²) in [6, 6.07) is 0. The van der Waals surface area contributed by atoms with Gasteiger partial charge in [0.25, 0.3) is 0 Å². The van der Waals surface area contributed by atoms with Gasteiger partial charge in [-0.05, 0) is 6.92 Å². The van der Waals surface area contributed by atoms with E-state index >= 15 is 0 Å². The molecule has 0 saturated carbocycles. The molecule has 0 aromatic heterocycles. The van der Waals surface area contributed by atoms with Crippen molar-refractivity contribution in [3.05, 3.63) is 0 Å². The van der Waals surface area contributed by atoms with Crippen molar-refractivity contribution in [1.29, 1.82) is 5.41 Å². The molecule has 0 aliphatic carbocycles. The highest BCUT2D eigenvalue weighted by molar-refractivity contribution is 8.15. The van der Waals surface area contributed by atoms with Crippen molar-refractivity contribution in [3.63, 3.8) is 0 Å². The quantitative estimate of drug-likeness (QED) is 0.528. The molecule has 1 aliphatic heterocycles. The van der Waals surface area contributed by atoms with E-state index in [0.717, 1.165) is 0 Å². The second-order valence-electron chi connectivity index (χ2n) is 1.85. The Kier molecular flexibility index (Phi) is 1.38. The van der Waals surface area contributed by atoms with E-state index in [2.05, 4.69) is 0 Å². The summed E-state index contributed by atoms with van der Waals surface area (Å²) in [5.74, 6) is 0.500. The highest BCUT2D eigenvalue weighted by atomic mass is 32.2. The smallest absolute Gasteiger partial charge is 0.197 e. The van der Waals surface area contributed by atoms with Crippen molar-refractivity contribution in [2.45, 2.75) is 6.92 Å². The molecule has 1 unspecified atom stereocenters. The largest absolute Gasteiger partial charge is 0.308 e. The highest BCUT2D eigenvalue weighted by Gasteiger charge is 2.25. The van der Waals surface area contributed by atoms with Gasteiger partial charge in [0, 0.05) is 11.5 Å². The number of nitrogens with one attached hydrogen (secondary N) is 1. The zero-order valence-electron chi connectivity index (χ0n) is 4.60. The van der Waals surface area contributed by atoms with E-state index in [-0.39, 0.29) is 11.0 Å². The van der Waals surface area contributed by atoms with Crippen LogP contribution < -0.4 is 0 Å². The van der Waals surface area contributed by atoms with Crippen LogP contribution in [0.5, 0.6) is 0 Å². The fourth-order valence-electron chi connectivity index (χ4n) is 0.541. The average Bonchev–Trinajstić information content (AvgIpc) is 1.98.